The minimum Gasteiger partial charge on any atom is -0.378 e. The molecule has 0 bridgehead atoms. The Morgan fingerprint density at radius 1 is 0.857 bits per heavy atom. The first-order valence-corrected chi connectivity index (χ1v) is 9.08. The molecule has 5 nitrogen and oxygen atoms in total. The Morgan fingerprint density at radius 2 is 1.54 bits per heavy atom. The predicted molar refractivity (Wildman–Crippen MR) is 111 cm³/mol. The Bertz CT molecular complexity index is 1080. The molecule has 2 heterocycles. The number of hydrogen-bond acceptors (Lipinski definition) is 4. The number of hydrogen-bond donors (Lipinski definition) is 0. The van der Waals surface area contributed by atoms with Crippen molar-refractivity contribution in [1.29, 1.82) is 0 Å². The minimum atomic E-state index is -0.236. The number of imidazole rings is 1. The van der Waals surface area contributed by atoms with Crippen LogP contribution < -0.4 is 9.80 Å². The van der Waals surface area contributed by atoms with Gasteiger partial charge in [0.2, 0.25) is 0 Å². The maximum absolute atomic E-state index is 13.1. The van der Waals surface area contributed by atoms with E-state index in [1.807, 2.05) is 38.4 Å². The summed E-state index contributed by atoms with van der Waals surface area (Å²) >= 11 is 0. The van der Waals surface area contributed by atoms with Gasteiger partial charge in [-0.3, -0.25) is 9.38 Å². The largest absolute Gasteiger partial charge is 0.378 e. The SMILES string of the molecule is CN(C)c1ccc(-c2cnc3cnc(CN(C)c4ccc(F)cc4)cn23)cc1. The fourth-order valence-corrected chi connectivity index (χ4v) is 3.18. The second-order valence-corrected chi connectivity index (χ2v) is 7.02. The van der Waals surface area contributed by atoms with Crippen molar-refractivity contribution in [2.75, 3.05) is 30.9 Å². The summed E-state index contributed by atoms with van der Waals surface area (Å²) in [4.78, 5) is 13.1. The molecular formula is C22H22FN5. The van der Waals surface area contributed by atoms with E-state index in [2.05, 4.69) is 43.5 Å². The summed E-state index contributed by atoms with van der Waals surface area (Å²) in [7, 11) is 6.02. The van der Waals surface area contributed by atoms with Crippen LogP contribution in [0.1, 0.15) is 5.69 Å². The third-order valence-corrected chi connectivity index (χ3v) is 4.80. The summed E-state index contributed by atoms with van der Waals surface area (Å²) < 4.78 is 15.2. The zero-order valence-corrected chi connectivity index (χ0v) is 16.2. The van der Waals surface area contributed by atoms with Gasteiger partial charge in [-0.05, 0) is 36.4 Å². The Labute approximate surface area is 163 Å². The number of fused-ring (bicyclic) bond motifs is 1. The Kier molecular flexibility index (Phi) is 4.69. The molecule has 0 amide bonds. The van der Waals surface area contributed by atoms with E-state index in [9.17, 15) is 4.39 Å². The summed E-state index contributed by atoms with van der Waals surface area (Å²) in [5.74, 6) is -0.236. The Balaban J connectivity index is 1.63. The minimum absolute atomic E-state index is 0.236. The Hall–Kier alpha value is -3.41. The van der Waals surface area contributed by atoms with Crippen molar-refractivity contribution in [3.63, 3.8) is 0 Å². The molecule has 4 aromatic rings. The standard InChI is InChI=1S/C22H22FN5/c1-26(2)19-8-4-16(5-9-19)21-12-25-22-13-24-18(15-28(21)22)14-27(3)20-10-6-17(23)7-11-20/h4-13,15H,14H2,1-3H3. The van der Waals surface area contributed by atoms with Crippen LogP contribution in [-0.2, 0) is 6.54 Å². The van der Waals surface area contributed by atoms with Gasteiger partial charge in [-0.25, -0.2) is 9.37 Å². The number of halogens is 1. The fourth-order valence-electron chi connectivity index (χ4n) is 3.18. The normalized spacial score (nSPS) is 11.0. The zero-order valence-electron chi connectivity index (χ0n) is 16.2. The van der Waals surface area contributed by atoms with Crippen molar-refractivity contribution in [2.24, 2.45) is 0 Å². The van der Waals surface area contributed by atoms with Gasteiger partial charge in [-0.15, -0.1) is 0 Å². The molecule has 0 saturated carbocycles. The molecule has 0 unspecified atom stereocenters. The summed E-state index contributed by atoms with van der Waals surface area (Å²) in [6.07, 6.45) is 5.66. The van der Waals surface area contributed by atoms with E-state index in [4.69, 9.17) is 0 Å². The highest BCUT2D eigenvalue weighted by Gasteiger charge is 2.10. The monoisotopic (exact) mass is 375 g/mol. The third-order valence-electron chi connectivity index (χ3n) is 4.80. The lowest BCUT2D eigenvalue weighted by Crippen LogP contribution is -2.17. The number of aromatic nitrogens is 3. The molecule has 4 rings (SSSR count). The fraction of sp³-hybridized carbons (Fsp3) is 0.182. The molecule has 0 aliphatic heterocycles. The van der Waals surface area contributed by atoms with Gasteiger partial charge in [0.25, 0.3) is 0 Å². The van der Waals surface area contributed by atoms with Crippen molar-refractivity contribution in [3.05, 3.63) is 78.6 Å². The van der Waals surface area contributed by atoms with Gasteiger partial charge in [0.05, 0.1) is 30.3 Å². The molecule has 0 spiro atoms. The lowest BCUT2D eigenvalue weighted by Gasteiger charge is -2.19. The highest BCUT2D eigenvalue weighted by Crippen LogP contribution is 2.24. The molecule has 0 aliphatic carbocycles. The topological polar surface area (TPSA) is 36.7 Å². The maximum atomic E-state index is 13.1. The van der Waals surface area contributed by atoms with Gasteiger partial charge >= 0.3 is 0 Å². The second kappa shape index (κ2) is 7.31. The van der Waals surface area contributed by atoms with Crippen LogP contribution in [0.25, 0.3) is 16.9 Å². The zero-order chi connectivity index (χ0) is 19.7. The smallest absolute Gasteiger partial charge is 0.155 e. The number of anilines is 2. The summed E-state index contributed by atoms with van der Waals surface area (Å²) in [6, 6.07) is 14.9. The van der Waals surface area contributed by atoms with Crippen molar-refractivity contribution in [1.82, 2.24) is 14.4 Å². The summed E-state index contributed by atoms with van der Waals surface area (Å²) in [6.45, 7) is 0.610. The second-order valence-electron chi connectivity index (χ2n) is 7.02. The first kappa shape index (κ1) is 18.0. The highest BCUT2D eigenvalue weighted by atomic mass is 19.1. The molecule has 142 valence electrons. The van der Waals surface area contributed by atoms with Crippen LogP contribution >= 0.6 is 0 Å². The first-order chi connectivity index (χ1) is 13.5. The molecule has 0 N–H and O–H groups in total. The number of nitrogens with zero attached hydrogens (tertiary/aromatic N) is 5. The molecule has 0 saturated heterocycles. The molecule has 28 heavy (non-hydrogen) atoms. The van der Waals surface area contributed by atoms with Gasteiger partial charge in [0.15, 0.2) is 5.65 Å². The Morgan fingerprint density at radius 3 is 2.21 bits per heavy atom. The van der Waals surface area contributed by atoms with Crippen LogP contribution in [0.15, 0.2) is 67.1 Å². The van der Waals surface area contributed by atoms with Crippen LogP contribution in [0.2, 0.25) is 0 Å². The van der Waals surface area contributed by atoms with Gasteiger partial charge in [0, 0.05) is 44.3 Å². The summed E-state index contributed by atoms with van der Waals surface area (Å²) in [5, 5.41) is 0. The highest BCUT2D eigenvalue weighted by molar-refractivity contribution is 5.66. The third kappa shape index (κ3) is 3.53. The molecular weight excluding hydrogens is 353 g/mol. The average Bonchev–Trinajstić information content (AvgIpc) is 3.11. The first-order valence-electron chi connectivity index (χ1n) is 9.08. The molecule has 0 aliphatic rings. The van der Waals surface area contributed by atoms with E-state index in [0.29, 0.717) is 6.54 Å². The molecule has 2 aromatic carbocycles. The van der Waals surface area contributed by atoms with Crippen molar-refractivity contribution in [3.8, 4) is 11.3 Å². The van der Waals surface area contributed by atoms with Crippen molar-refractivity contribution in [2.45, 2.75) is 6.54 Å². The van der Waals surface area contributed by atoms with Crippen LogP contribution in [0, 0.1) is 5.82 Å². The van der Waals surface area contributed by atoms with Crippen LogP contribution in [0.4, 0.5) is 15.8 Å². The van der Waals surface area contributed by atoms with Crippen LogP contribution in [0.3, 0.4) is 0 Å². The predicted octanol–water partition coefficient (Wildman–Crippen LogP) is 4.24. The van der Waals surface area contributed by atoms with E-state index in [-0.39, 0.29) is 5.82 Å². The lowest BCUT2D eigenvalue weighted by molar-refractivity contribution is 0.627. The van der Waals surface area contributed by atoms with E-state index in [1.54, 1.807) is 18.3 Å². The van der Waals surface area contributed by atoms with E-state index in [1.165, 1.54) is 12.1 Å². The molecule has 6 heteroatoms. The van der Waals surface area contributed by atoms with Crippen molar-refractivity contribution >= 4 is 17.0 Å². The van der Waals surface area contributed by atoms with Gasteiger partial charge in [-0.2, -0.15) is 0 Å². The van der Waals surface area contributed by atoms with Gasteiger partial charge in [0.1, 0.15) is 5.82 Å². The van der Waals surface area contributed by atoms with Crippen LogP contribution in [-0.4, -0.2) is 35.5 Å². The average molecular weight is 375 g/mol. The molecule has 2 aromatic heterocycles. The molecule has 0 fully saturated rings. The molecule has 0 atom stereocenters. The quantitative estimate of drug-likeness (QED) is 0.523. The maximum Gasteiger partial charge on any atom is 0.155 e. The van der Waals surface area contributed by atoms with E-state index >= 15 is 0 Å². The van der Waals surface area contributed by atoms with Gasteiger partial charge in [-0.1, -0.05) is 12.1 Å². The van der Waals surface area contributed by atoms with Crippen molar-refractivity contribution < 1.29 is 4.39 Å². The summed E-state index contributed by atoms with van der Waals surface area (Å²) in [5.41, 5.74) is 5.92. The van der Waals surface area contributed by atoms with E-state index < -0.39 is 0 Å². The van der Waals surface area contributed by atoms with E-state index in [0.717, 1.165) is 34.0 Å². The number of benzene rings is 2. The molecule has 0 radical (unpaired) electrons. The number of rotatable bonds is 5. The van der Waals surface area contributed by atoms with Crippen LogP contribution in [0.5, 0.6) is 0 Å². The lowest BCUT2D eigenvalue weighted by atomic mass is 10.1. The van der Waals surface area contributed by atoms with Gasteiger partial charge < -0.3 is 9.80 Å².